The fourth-order valence-electron chi connectivity index (χ4n) is 2.54. The average Bonchev–Trinajstić information content (AvgIpc) is 2.58. The van der Waals surface area contributed by atoms with E-state index in [1.54, 1.807) is 31.5 Å². The van der Waals surface area contributed by atoms with E-state index in [1.165, 1.54) is 0 Å². The number of nitrogens with one attached hydrogen (secondary N) is 1. The Bertz CT molecular complexity index is 649. The number of pyridine rings is 1. The van der Waals surface area contributed by atoms with Crippen molar-refractivity contribution in [2.45, 2.75) is 19.0 Å². The van der Waals surface area contributed by atoms with Gasteiger partial charge in [-0.25, -0.2) is 4.79 Å². The Kier molecular flexibility index (Phi) is 6.58. The quantitative estimate of drug-likeness (QED) is 0.870. The molecule has 0 fully saturated rings. The summed E-state index contributed by atoms with van der Waals surface area (Å²) in [5.74, 6) is 0. The second kappa shape index (κ2) is 8.66. The molecule has 0 spiro atoms. The van der Waals surface area contributed by atoms with Gasteiger partial charge in [-0.05, 0) is 36.2 Å². The SMILES string of the molecule is COC[C@@H](C)NC(=O)N(C)[C@@H](c1ccc(Cl)cc1)c1cccnc1. The third kappa shape index (κ3) is 4.69. The van der Waals surface area contributed by atoms with Crippen molar-refractivity contribution in [2.24, 2.45) is 0 Å². The average molecular weight is 348 g/mol. The maximum Gasteiger partial charge on any atom is 0.318 e. The van der Waals surface area contributed by atoms with Crippen LogP contribution in [0.4, 0.5) is 4.79 Å². The molecule has 2 aromatic rings. The second-order valence-corrected chi connectivity index (χ2v) is 6.09. The smallest absolute Gasteiger partial charge is 0.318 e. The van der Waals surface area contributed by atoms with Gasteiger partial charge in [-0.2, -0.15) is 0 Å². The van der Waals surface area contributed by atoms with E-state index < -0.39 is 0 Å². The summed E-state index contributed by atoms with van der Waals surface area (Å²) in [5, 5.41) is 3.58. The molecular weight excluding hydrogens is 326 g/mol. The molecule has 0 radical (unpaired) electrons. The lowest BCUT2D eigenvalue weighted by atomic mass is 9.99. The molecule has 2 amide bonds. The molecule has 6 heteroatoms. The molecule has 128 valence electrons. The van der Waals surface area contributed by atoms with Crippen molar-refractivity contribution >= 4 is 17.6 Å². The van der Waals surface area contributed by atoms with E-state index in [4.69, 9.17) is 16.3 Å². The van der Waals surface area contributed by atoms with E-state index in [0.29, 0.717) is 11.6 Å². The van der Waals surface area contributed by atoms with Crippen LogP contribution in [0, 0.1) is 0 Å². The van der Waals surface area contributed by atoms with E-state index in [2.05, 4.69) is 10.3 Å². The maximum atomic E-state index is 12.6. The predicted octanol–water partition coefficient (Wildman–Crippen LogP) is 3.50. The van der Waals surface area contributed by atoms with Gasteiger partial charge >= 0.3 is 6.03 Å². The first kappa shape index (κ1) is 18.2. The molecule has 0 aliphatic carbocycles. The van der Waals surface area contributed by atoms with E-state index in [-0.39, 0.29) is 18.1 Å². The van der Waals surface area contributed by atoms with E-state index in [9.17, 15) is 4.79 Å². The number of rotatable bonds is 6. The molecule has 0 unspecified atom stereocenters. The number of carbonyl (C=O) groups is 1. The number of carbonyl (C=O) groups excluding carboxylic acids is 1. The first-order valence-electron chi connectivity index (χ1n) is 7.70. The fraction of sp³-hybridized carbons (Fsp3) is 0.333. The molecule has 1 aromatic heterocycles. The second-order valence-electron chi connectivity index (χ2n) is 5.66. The molecule has 24 heavy (non-hydrogen) atoms. The van der Waals surface area contributed by atoms with Crippen molar-refractivity contribution in [3.8, 4) is 0 Å². The van der Waals surface area contributed by atoms with Crippen LogP contribution in [0.15, 0.2) is 48.8 Å². The van der Waals surface area contributed by atoms with Gasteiger partial charge in [0.25, 0.3) is 0 Å². The lowest BCUT2D eigenvalue weighted by Crippen LogP contribution is -2.45. The minimum Gasteiger partial charge on any atom is -0.383 e. The standard InChI is InChI=1S/C18H22ClN3O2/c1-13(12-24-3)21-18(23)22(2)17(15-5-4-10-20-11-15)14-6-8-16(19)9-7-14/h4-11,13,17H,12H2,1-3H3,(H,21,23)/t13-,17+/m1/s1. The van der Waals surface area contributed by atoms with E-state index >= 15 is 0 Å². The zero-order chi connectivity index (χ0) is 17.5. The van der Waals surface area contributed by atoms with Crippen LogP contribution in [-0.4, -0.2) is 42.7 Å². The van der Waals surface area contributed by atoms with Gasteiger partial charge in [-0.3, -0.25) is 4.98 Å². The molecule has 1 N–H and O–H groups in total. The number of urea groups is 1. The number of hydrogen-bond acceptors (Lipinski definition) is 3. The molecule has 2 rings (SSSR count). The number of nitrogens with zero attached hydrogens (tertiary/aromatic N) is 2. The topological polar surface area (TPSA) is 54.5 Å². The number of ether oxygens (including phenoxy) is 1. The molecule has 1 aromatic carbocycles. The van der Waals surface area contributed by atoms with Crippen molar-refractivity contribution in [3.05, 3.63) is 64.9 Å². The summed E-state index contributed by atoms with van der Waals surface area (Å²) in [6.45, 7) is 2.36. The first-order valence-corrected chi connectivity index (χ1v) is 8.08. The largest absolute Gasteiger partial charge is 0.383 e. The number of benzene rings is 1. The van der Waals surface area contributed by atoms with E-state index in [1.807, 2.05) is 43.3 Å². The third-order valence-corrected chi connectivity index (χ3v) is 3.93. The summed E-state index contributed by atoms with van der Waals surface area (Å²) in [5.41, 5.74) is 1.89. The Morgan fingerprint density at radius 2 is 2.00 bits per heavy atom. The van der Waals surface area contributed by atoms with Gasteiger partial charge in [0.2, 0.25) is 0 Å². The van der Waals surface area contributed by atoms with Crippen molar-refractivity contribution in [3.63, 3.8) is 0 Å². The van der Waals surface area contributed by atoms with Crippen LogP contribution in [0.25, 0.3) is 0 Å². The molecular formula is C18H22ClN3O2. The Balaban J connectivity index is 2.28. The highest BCUT2D eigenvalue weighted by atomic mass is 35.5. The summed E-state index contributed by atoms with van der Waals surface area (Å²) in [7, 11) is 3.37. The highest BCUT2D eigenvalue weighted by Crippen LogP contribution is 2.28. The van der Waals surface area contributed by atoms with Gasteiger partial charge in [-0.1, -0.05) is 29.8 Å². The van der Waals surface area contributed by atoms with Crippen LogP contribution >= 0.6 is 11.6 Å². The molecule has 0 aliphatic heterocycles. The van der Waals surface area contributed by atoms with Crippen LogP contribution in [0.1, 0.15) is 24.1 Å². The van der Waals surface area contributed by atoms with Gasteiger partial charge in [0.15, 0.2) is 0 Å². The van der Waals surface area contributed by atoms with Gasteiger partial charge < -0.3 is 15.0 Å². The highest BCUT2D eigenvalue weighted by molar-refractivity contribution is 6.30. The molecule has 0 bridgehead atoms. The van der Waals surface area contributed by atoms with Crippen molar-refractivity contribution < 1.29 is 9.53 Å². The Morgan fingerprint density at radius 3 is 2.58 bits per heavy atom. The summed E-state index contributed by atoms with van der Waals surface area (Å²) in [4.78, 5) is 18.4. The third-order valence-electron chi connectivity index (χ3n) is 3.68. The molecule has 0 aliphatic rings. The van der Waals surface area contributed by atoms with Gasteiger partial charge in [0, 0.05) is 31.6 Å². The van der Waals surface area contributed by atoms with Crippen LogP contribution in [-0.2, 0) is 4.74 Å². The minimum atomic E-state index is -0.259. The van der Waals surface area contributed by atoms with Crippen molar-refractivity contribution in [1.29, 1.82) is 0 Å². The lowest BCUT2D eigenvalue weighted by molar-refractivity contribution is 0.159. The Labute approximate surface area is 147 Å². The zero-order valence-corrected chi connectivity index (χ0v) is 14.8. The monoisotopic (exact) mass is 347 g/mol. The maximum absolute atomic E-state index is 12.6. The number of hydrogen-bond donors (Lipinski definition) is 1. The molecule has 0 saturated heterocycles. The highest BCUT2D eigenvalue weighted by Gasteiger charge is 2.24. The lowest BCUT2D eigenvalue weighted by Gasteiger charge is -2.30. The molecule has 2 atom stereocenters. The minimum absolute atomic E-state index is 0.0790. The van der Waals surface area contributed by atoms with Gasteiger partial charge in [0.05, 0.1) is 18.7 Å². The number of methoxy groups -OCH3 is 1. The van der Waals surface area contributed by atoms with Crippen LogP contribution in [0.3, 0.4) is 0 Å². The summed E-state index contributed by atoms with van der Waals surface area (Å²) in [6.07, 6.45) is 3.48. The summed E-state index contributed by atoms with van der Waals surface area (Å²) in [6, 6.07) is 10.8. The van der Waals surface area contributed by atoms with Gasteiger partial charge in [-0.15, -0.1) is 0 Å². The predicted molar refractivity (Wildman–Crippen MR) is 95.2 cm³/mol. The van der Waals surface area contributed by atoms with Crippen LogP contribution in [0.5, 0.6) is 0 Å². The summed E-state index contributed by atoms with van der Waals surface area (Å²) < 4.78 is 5.07. The fourth-order valence-corrected chi connectivity index (χ4v) is 2.67. The van der Waals surface area contributed by atoms with Crippen LogP contribution < -0.4 is 5.32 Å². The van der Waals surface area contributed by atoms with Crippen LogP contribution in [0.2, 0.25) is 5.02 Å². The molecule has 0 saturated carbocycles. The Hall–Kier alpha value is -2.11. The molecule has 1 heterocycles. The van der Waals surface area contributed by atoms with Gasteiger partial charge in [0.1, 0.15) is 0 Å². The zero-order valence-electron chi connectivity index (χ0n) is 14.1. The van der Waals surface area contributed by atoms with Crippen molar-refractivity contribution in [2.75, 3.05) is 20.8 Å². The van der Waals surface area contributed by atoms with Crippen molar-refractivity contribution in [1.82, 2.24) is 15.2 Å². The van der Waals surface area contributed by atoms with E-state index in [0.717, 1.165) is 11.1 Å². The first-order chi connectivity index (χ1) is 11.5. The number of amides is 2. The molecule has 5 nitrogen and oxygen atoms in total. The number of aromatic nitrogens is 1. The normalized spacial score (nSPS) is 13.2. The Morgan fingerprint density at radius 1 is 1.29 bits per heavy atom. The summed E-state index contributed by atoms with van der Waals surface area (Å²) >= 11 is 5.99. The number of halogens is 1.